The normalized spacial score (nSPS) is 19.5. The van der Waals surface area contributed by atoms with Crippen LogP contribution >= 0.6 is 11.3 Å². The number of aromatic nitrogens is 1. The fourth-order valence-electron chi connectivity index (χ4n) is 3.40. The van der Waals surface area contributed by atoms with Crippen molar-refractivity contribution < 1.29 is 14.3 Å². The van der Waals surface area contributed by atoms with E-state index in [1.54, 1.807) is 11.3 Å². The fourth-order valence-corrected chi connectivity index (χ4v) is 4.31. The van der Waals surface area contributed by atoms with E-state index in [1.165, 1.54) is 4.88 Å². The first-order chi connectivity index (χ1) is 12.1. The van der Waals surface area contributed by atoms with Gasteiger partial charge >= 0.3 is 0 Å². The van der Waals surface area contributed by atoms with Crippen molar-refractivity contribution in [2.45, 2.75) is 32.5 Å². The molecule has 6 heteroatoms. The maximum atomic E-state index is 12.9. The van der Waals surface area contributed by atoms with Crippen LogP contribution in [0.25, 0.3) is 10.6 Å². The molecule has 1 spiro atoms. The average molecular weight is 358 g/mol. The summed E-state index contributed by atoms with van der Waals surface area (Å²) in [4.78, 5) is 20.6. The number of hydrogen-bond donors (Lipinski definition) is 0. The van der Waals surface area contributed by atoms with Gasteiger partial charge in [0.15, 0.2) is 5.79 Å². The summed E-state index contributed by atoms with van der Waals surface area (Å²) in [5.74, 6) is -0.381. The van der Waals surface area contributed by atoms with Crippen molar-refractivity contribution in [3.05, 3.63) is 40.4 Å². The number of benzene rings is 1. The second-order valence-electron chi connectivity index (χ2n) is 6.64. The fraction of sp³-hybridized carbons (Fsp3) is 0.474. The maximum absolute atomic E-state index is 12.9. The topological polar surface area (TPSA) is 51.7 Å². The third-order valence-electron chi connectivity index (χ3n) is 5.01. The molecule has 2 fully saturated rings. The van der Waals surface area contributed by atoms with Crippen LogP contribution in [0.2, 0.25) is 0 Å². The van der Waals surface area contributed by atoms with Gasteiger partial charge in [-0.15, -0.1) is 11.3 Å². The van der Waals surface area contributed by atoms with E-state index in [4.69, 9.17) is 9.47 Å². The van der Waals surface area contributed by atoms with E-state index in [9.17, 15) is 4.79 Å². The summed E-state index contributed by atoms with van der Waals surface area (Å²) < 4.78 is 11.5. The van der Waals surface area contributed by atoms with Crippen molar-refractivity contribution in [3.8, 4) is 10.6 Å². The molecule has 0 saturated carbocycles. The predicted octanol–water partition coefficient (Wildman–Crippen LogP) is 3.41. The molecule has 3 heterocycles. The number of carbonyl (C=O) groups is 1. The van der Waals surface area contributed by atoms with Gasteiger partial charge in [0.05, 0.1) is 18.9 Å². The second kappa shape index (κ2) is 6.52. The van der Waals surface area contributed by atoms with Crippen molar-refractivity contribution in [2.75, 3.05) is 26.3 Å². The molecule has 2 aliphatic heterocycles. The van der Waals surface area contributed by atoms with Gasteiger partial charge in [-0.25, -0.2) is 4.98 Å². The summed E-state index contributed by atoms with van der Waals surface area (Å²) in [5.41, 5.74) is 2.77. The molecule has 0 unspecified atom stereocenters. The molecular weight excluding hydrogens is 336 g/mol. The molecule has 25 heavy (non-hydrogen) atoms. The largest absolute Gasteiger partial charge is 0.347 e. The van der Waals surface area contributed by atoms with E-state index in [0.717, 1.165) is 29.1 Å². The molecular formula is C19H22N2O3S. The van der Waals surface area contributed by atoms with Gasteiger partial charge in [0.1, 0.15) is 5.01 Å². The van der Waals surface area contributed by atoms with Crippen molar-refractivity contribution in [1.82, 2.24) is 9.88 Å². The van der Waals surface area contributed by atoms with Crippen LogP contribution < -0.4 is 0 Å². The molecule has 0 N–H and O–H groups in total. The number of likely N-dealkylation sites (tertiary alicyclic amines) is 1. The summed E-state index contributed by atoms with van der Waals surface area (Å²) in [6.45, 7) is 6.73. The number of nitrogens with zero attached hydrogens (tertiary/aromatic N) is 2. The zero-order chi connectivity index (χ0) is 17.4. The van der Waals surface area contributed by atoms with Crippen LogP contribution in [-0.4, -0.2) is 47.9 Å². The zero-order valence-electron chi connectivity index (χ0n) is 14.6. The highest BCUT2D eigenvalue weighted by Gasteiger charge is 2.40. The number of piperidine rings is 1. The number of hydrogen-bond acceptors (Lipinski definition) is 5. The Morgan fingerprint density at radius 1 is 1.20 bits per heavy atom. The number of rotatable bonds is 2. The van der Waals surface area contributed by atoms with E-state index in [-0.39, 0.29) is 5.91 Å². The smallest absolute Gasteiger partial charge is 0.253 e. The molecule has 0 bridgehead atoms. The molecule has 1 aromatic heterocycles. The Labute approximate surface area is 151 Å². The van der Waals surface area contributed by atoms with Gasteiger partial charge in [0, 0.05) is 41.9 Å². The number of ether oxygens (including phenoxy) is 2. The predicted molar refractivity (Wildman–Crippen MR) is 96.8 cm³/mol. The summed E-state index contributed by atoms with van der Waals surface area (Å²) in [6, 6.07) is 7.78. The van der Waals surface area contributed by atoms with Crippen LogP contribution in [0.15, 0.2) is 24.3 Å². The van der Waals surface area contributed by atoms with Gasteiger partial charge in [0.2, 0.25) is 0 Å². The first-order valence-electron chi connectivity index (χ1n) is 8.68. The van der Waals surface area contributed by atoms with Crippen LogP contribution in [0.5, 0.6) is 0 Å². The lowest BCUT2D eigenvalue weighted by Gasteiger charge is -2.37. The van der Waals surface area contributed by atoms with Crippen LogP contribution in [-0.2, 0) is 9.47 Å². The van der Waals surface area contributed by atoms with Gasteiger partial charge in [-0.1, -0.05) is 12.1 Å². The quantitative estimate of drug-likeness (QED) is 0.826. The monoisotopic (exact) mass is 358 g/mol. The SMILES string of the molecule is Cc1nc(-c2cccc(C(=O)N3CCC4(CC3)OCCO4)c2)sc1C. The number of carbonyl (C=O) groups excluding carboxylic acids is 1. The lowest BCUT2D eigenvalue weighted by Crippen LogP contribution is -2.47. The Balaban J connectivity index is 1.50. The Bertz CT molecular complexity index is 766. The number of aryl methyl sites for hydroxylation is 2. The van der Waals surface area contributed by atoms with Crippen LogP contribution in [0.3, 0.4) is 0 Å². The third kappa shape index (κ3) is 3.21. The first-order valence-corrected chi connectivity index (χ1v) is 9.50. The Morgan fingerprint density at radius 2 is 1.92 bits per heavy atom. The summed E-state index contributed by atoms with van der Waals surface area (Å²) >= 11 is 1.67. The zero-order valence-corrected chi connectivity index (χ0v) is 15.4. The lowest BCUT2D eigenvalue weighted by atomic mass is 10.0. The summed E-state index contributed by atoms with van der Waals surface area (Å²) in [7, 11) is 0. The molecule has 2 aliphatic rings. The van der Waals surface area contributed by atoms with Crippen molar-refractivity contribution in [3.63, 3.8) is 0 Å². The molecule has 2 aromatic rings. The number of thiazole rings is 1. The maximum Gasteiger partial charge on any atom is 0.253 e. The van der Waals surface area contributed by atoms with Crippen molar-refractivity contribution in [1.29, 1.82) is 0 Å². The Hall–Kier alpha value is -1.76. The third-order valence-corrected chi connectivity index (χ3v) is 6.13. The van der Waals surface area contributed by atoms with Gasteiger partial charge in [-0.3, -0.25) is 4.79 Å². The van der Waals surface area contributed by atoms with Gasteiger partial charge in [-0.2, -0.15) is 0 Å². The molecule has 4 rings (SSSR count). The van der Waals surface area contributed by atoms with Gasteiger partial charge in [-0.05, 0) is 26.0 Å². The molecule has 2 saturated heterocycles. The van der Waals surface area contributed by atoms with Crippen LogP contribution in [0, 0.1) is 13.8 Å². The minimum atomic E-state index is -0.450. The first kappa shape index (κ1) is 16.7. The molecule has 132 valence electrons. The molecule has 5 nitrogen and oxygen atoms in total. The standard InChI is InChI=1S/C19H22N2O3S/c1-13-14(2)25-17(20-13)15-4-3-5-16(12-15)18(22)21-8-6-19(7-9-21)23-10-11-24-19/h3-5,12H,6-11H2,1-2H3. The highest BCUT2D eigenvalue weighted by molar-refractivity contribution is 7.15. The molecule has 0 radical (unpaired) electrons. The molecule has 1 amide bonds. The minimum absolute atomic E-state index is 0.0692. The average Bonchev–Trinajstić information content (AvgIpc) is 3.22. The van der Waals surface area contributed by atoms with Crippen LogP contribution in [0.4, 0.5) is 0 Å². The van der Waals surface area contributed by atoms with Crippen LogP contribution in [0.1, 0.15) is 33.8 Å². The Kier molecular flexibility index (Phi) is 4.35. The Morgan fingerprint density at radius 3 is 2.56 bits per heavy atom. The highest BCUT2D eigenvalue weighted by Crippen LogP contribution is 2.32. The molecule has 1 aromatic carbocycles. The molecule has 0 atom stereocenters. The van der Waals surface area contributed by atoms with Gasteiger partial charge < -0.3 is 14.4 Å². The highest BCUT2D eigenvalue weighted by atomic mass is 32.1. The minimum Gasteiger partial charge on any atom is -0.347 e. The van der Waals surface area contributed by atoms with Crippen molar-refractivity contribution >= 4 is 17.2 Å². The lowest BCUT2D eigenvalue weighted by molar-refractivity contribution is -0.181. The molecule has 0 aliphatic carbocycles. The summed E-state index contributed by atoms with van der Waals surface area (Å²) in [5, 5.41) is 0.968. The second-order valence-corrected chi connectivity index (χ2v) is 7.84. The van der Waals surface area contributed by atoms with Crippen molar-refractivity contribution in [2.24, 2.45) is 0 Å². The summed E-state index contributed by atoms with van der Waals surface area (Å²) in [6.07, 6.45) is 1.48. The number of amides is 1. The van der Waals surface area contributed by atoms with Gasteiger partial charge in [0.25, 0.3) is 5.91 Å². The van der Waals surface area contributed by atoms with E-state index < -0.39 is 5.79 Å². The van der Waals surface area contributed by atoms with E-state index >= 15 is 0 Å². The van der Waals surface area contributed by atoms with E-state index in [1.807, 2.05) is 36.1 Å². The van der Waals surface area contributed by atoms with E-state index in [2.05, 4.69) is 11.9 Å². The van der Waals surface area contributed by atoms with E-state index in [0.29, 0.717) is 31.9 Å².